The highest BCUT2D eigenvalue weighted by Gasteiger charge is 2.10. The van der Waals surface area contributed by atoms with Gasteiger partial charge in [0.15, 0.2) is 5.82 Å². The number of aromatic nitrogens is 2. The maximum Gasteiger partial charge on any atom is 0.256 e. The molecule has 3 aromatic rings. The van der Waals surface area contributed by atoms with Crippen LogP contribution in [0, 0.1) is 0 Å². The minimum atomic E-state index is -0.293. The molecule has 0 aliphatic carbocycles. The van der Waals surface area contributed by atoms with Gasteiger partial charge in [-0.3, -0.25) is 4.79 Å². The number of nitrogens with one attached hydrogen (secondary N) is 1. The van der Waals surface area contributed by atoms with Crippen LogP contribution in [0.25, 0.3) is 11.4 Å². The first kappa shape index (κ1) is 15.0. The molecule has 0 saturated carbocycles. The Morgan fingerprint density at radius 2 is 1.70 bits per heavy atom. The minimum absolute atomic E-state index is 0.256. The summed E-state index contributed by atoms with van der Waals surface area (Å²) in [5.74, 6) is 0.496. The standard InChI is InChI=1S/C17H13ClN4O/c18-14-10-15(21-16(20-14)11-4-2-1-3-5-11)22-17(23)12-6-8-13(19)9-7-12/h1-10H,19H2,(H,20,21,22,23). The van der Waals surface area contributed by atoms with Gasteiger partial charge in [-0.25, -0.2) is 9.97 Å². The quantitative estimate of drug-likeness (QED) is 0.569. The van der Waals surface area contributed by atoms with Crippen LogP contribution in [0.2, 0.25) is 5.15 Å². The van der Waals surface area contributed by atoms with Crippen LogP contribution in [0.1, 0.15) is 10.4 Å². The second kappa shape index (κ2) is 6.46. The highest BCUT2D eigenvalue weighted by atomic mass is 35.5. The molecule has 0 aliphatic rings. The first-order valence-corrected chi connectivity index (χ1v) is 7.26. The van der Waals surface area contributed by atoms with Crippen LogP contribution >= 0.6 is 11.6 Å². The van der Waals surface area contributed by atoms with E-state index in [0.29, 0.717) is 22.9 Å². The molecule has 1 heterocycles. The van der Waals surface area contributed by atoms with E-state index < -0.39 is 0 Å². The third kappa shape index (κ3) is 3.64. The Labute approximate surface area is 138 Å². The van der Waals surface area contributed by atoms with Crippen molar-refractivity contribution in [2.24, 2.45) is 0 Å². The molecule has 2 aromatic carbocycles. The summed E-state index contributed by atoms with van der Waals surface area (Å²) in [6, 6.07) is 17.5. The van der Waals surface area contributed by atoms with Crippen LogP contribution in [-0.2, 0) is 0 Å². The van der Waals surface area contributed by atoms with Gasteiger partial charge < -0.3 is 11.1 Å². The molecule has 0 aliphatic heterocycles. The summed E-state index contributed by atoms with van der Waals surface area (Å²) in [6.07, 6.45) is 0. The number of benzene rings is 2. The fraction of sp³-hybridized carbons (Fsp3) is 0. The average Bonchev–Trinajstić information content (AvgIpc) is 2.55. The Hall–Kier alpha value is -2.92. The molecule has 0 spiro atoms. The monoisotopic (exact) mass is 324 g/mol. The first-order chi connectivity index (χ1) is 11.1. The SMILES string of the molecule is Nc1ccc(C(=O)Nc2cc(Cl)nc(-c3ccccc3)n2)cc1. The maximum absolute atomic E-state index is 12.2. The lowest BCUT2D eigenvalue weighted by Crippen LogP contribution is -2.13. The van der Waals surface area contributed by atoms with Gasteiger partial charge in [0, 0.05) is 22.9 Å². The van der Waals surface area contributed by atoms with Crippen molar-refractivity contribution in [2.45, 2.75) is 0 Å². The zero-order valence-electron chi connectivity index (χ0n) is 12.0. The number of hydrogen-bond acceptors (Lipinski definition) is 4. The van der Waals surface area contributed by atoms with Gasteiger partial charge in [-0.1, -0.05) is 41.9 Å². The highest BCUT2D eigenvalue weighted by Crippen LogP contribution is 2.20. The predicted octanol–water partition coefficient (Wildman–Crippen LogP) is 3.63. The average molecular weight is 325 g/mol. The number of rotatable bonds is 3. The Morgan fingerprint density at radius 1 is 1.00 bits per heavy atom. The van der Waals surface area contributed by atoms with Gasteiger partial charge in [-0.2, -0.15) is 0 Å². The number of carbonyl (C=O) groups is 1. The lowest BCUT2D eigenvalue weighted by molar-refractivity contribution is 0.102. The number of amides is 1. The molecular formula is C17H13ClN4O. The number of carbonyl (C=O) groups excluding carboxylic acids is 1. The van der Waals surface area contributed by atoms with E-state index in [1.54, 1.807) is 24.3 Å². The van der Waals surface area contributed by atoms with Crippen LogP contribution < -0.4 is 11.1 Å². The van der Waals surface area contributed by atoms with Crippen LogP contribution in [0.5, 0.6) is 0 Å². The number of anilines is 2. The Bertz CT molecular complexity index is 835. The van der Waals surface area contributed by atoms with Crippen molar-refractivity contribution in [1.82, 2.24) is 9.97 Å². The third-order valence-corrected chi connectivity index (χ3v) is 3.33. The minimum Gasteiger partial charge on any atom is -0.399 e. The van der Waals surface area contributed by atoms with Crippen LogP contribution in [-0.4, -0.2) is 15.9 Å². The van der Waals surface area contributed by atoms with Gasteiger partial charge in [-0.05, 0) is 24.3 Å². The van der Waals surface area contributed by atoms with Gasteiger partial charge in [0.25, 0.3) is 5.91 Å². The molecule has 6 heteroatoms. The topological polar surface area (TPSA) is 80.9 Å². The molecule has 0 unspecified atom stereocenters. The maximum atomic E-state index is 12.2. The summed E-state index contributed by atoms with van der Waals surface area (Å²) in [6.45, 7) is 0. The number of nitrogens with two attached hydrogens (primary N) is 1. The van der Waals surface area contributed by atoms with Gasteiger partial charge in [0.05, 0.1) is 0 Å². The molecule has 3 N–H and O–H groups in total. The first-order valence-electron chi connectivity index (χ1n) is 6.89. The van der Waals surface area contributed by atoms with E-state index in [0.717, 1.165) is 5.56 Å². The van der Waals surface area contributed by atoms with Crippen molar-refractivity contribution in [2.75, 3.05) is 11.1 Å². The normalized spacial score (nSPS) is 10.3. The summed E-state index contributed by atoms with van der Waals surface area (Å²) in [5, 5.41) is 2.97. The van der Waals surface area contributed by atoms with Crippen molar-refractivity contribution in [3.8, 4) is 11.4 Å². The molecule has 1 amide bonds. The molecule has 0 radical (unpaired) electrons. The fourth-order valence-electron chi connectivity index (χ4n) is 2.02. The summed E-state index contributed by atoms with van der Waals surface area (Å²) >= 11 is 6.03. The van der Waals surface area contributed by atoms with E-state index in [4.69, 9.17) is 17.3 Å². The molecule has 114 valence electrons. The molecule has 0 fully saturated rings. The molecule has 5 nitrogen and oxygen atoms in total. The van der Waals surface area contributed by atoms with Crippen molar-refractivity contribution in [1.29, 1.82) is 0 Å². The zero-order valence-corrected chi connectivity index (χ0v) is 12.8. The second-order valence-electron chi connectivity index (χ2n) is 4.84. The summed E-state index contributed by atoms with van der Waals surface area (Å²) in [4.78, 5) is 20.7. The Morgan fingerprint density at radius 3 is 2.39 bits per heavy atom. The van der Waals surface area contributed by atoms with Crippen LogP contribution in [0.4, 0.5) is 11.5 Å². The van der Waals surface area contributed by atoms with E-state index in [9.17, 15) is 4.79 Å². The van der Waals surface area contributed by atoms with Gasteiger partial charge in [0.2, 0.25) is 0 Å². The molecular weight excluding hydrogens is 312 g/mol. The largest absolute Gasteiger partial charge is 0.399 e. The van der Waals surface area contributed by atoms with Gasteiger partial charge >= 0.3 is 0 Å². The van der Waals surface area contributed by atoms with Crippen LogP contribution in [0.15, 0.2) is 60.7 Å². The number of halogens is 1. The fourth-order valence-corrected chi connectivity index (χ4v) is 2.20. The van der Waals surface area contributed by atoms with E-state index in [-0.39, 0.29) is 11.1 Å². The van der Waals surface area contributed by atoms with Gasteiger partial charge in [-0.15, -0.1) is 0 Å². The third-order valence-electron chi connectivity index (χ3n) is 3.14. The van der Waals surface area contributed by atoms with Crippen molar-refractivity contribution < 1.29 is 4.79 Å². The molecule has 0 saturated heterocycles. The number of nitrogen functional groups attached to an aromatic ring is 1. The Balaban J connectivity index is 1.87. The molecule has 0 bridgehead atoms. The van der Waals surface area contributed by atoms with E-state index >= 15 is 0 Å². The molecule has 0 atom stereocenters. The Kier molecular flexibility index (Phi) is 4.21. The van der Waals surface area contributed by atoms with Crippen molar-refractivity contribution in [3.63, 3.8) is 0 Å². The lowest BCUT2D eigenvalue weighted by atomic mass is 10.2. The summed E-state index contributed by atoms with van der Waals surface area (Å²) in [5.41, 5.74) is 7.51. The highest BCUT2D eigenvalue weighted by molar-refractivity contribution is 6.29. The summed E-state index contributed by atoms with van der Waals surface area (Å²) in [7, 11) is 0. The van der Waals surface area contributed by atoms with Crippen molar-refractivity contribution in [3.05, 3.63) is 71.4 Å². The molecule has 3 rings (SSSR count). The number of hydrogen-bond donors (Lipinski definition) is 2. The molecule has 1 aromatic heterocycles. The van der Waals surface area contributed by atoms with Crippen LogP contribution in [0.3, 0.4) is 0 Å². The van der Waals surface area contributed by atoms with E-state index in [1.165, 1.54) is 6.07 Å². The predicted molar refractivity (Wildman–Crippen MR) is 91.3 cm³/mol. The van der Waals surface area contributed by atoms with E-state index in [1.807, 2.05) is 30.3 Å². The van der Waals surface area contributed by atoms with E-state index in [2.05, 4.69) is 15.3 Å². The van der Waals surface area contributed by atoms with Crippen molar-refractivity contribution >= 4 is 29.0 Å². The number of nitrogens with zero attached hydrogens (tertiary/aromatic N) is 2. The second-order valence-corrected chi connectivity index (χ2v) is 5.23. The molecule has 23 heavy (non-hydrogen) atoms. The zero-order chi connectivity index (χ0) is 16.2. The smallest absolute Gasteiger partial charge is 0.256 e. The lowest BCUT2D eigenvalue weighted by Gasteiger charge is -2.07. The van der Waals surface area contributed by atoms with Gasteiger partial charge in [0.1, 0.15) is 11.0 Å². The summed E-state index contributed by atoms with van der Waals surface area (Å²) < 4.78 is 0.